The Hall–Kier alpha value is -6.44. The number of halogens is 2. The maximum atomic E-state index is 13.3. The van der Waals surface area contributed by atoms with Crippen LogP contribution in [0.2, 0.25) is 0 Å². The lowest BCUT2D eigenvalue weighted by molar-refractivity contribution is 0.0699. The first-order valence-electron chi connectivity index (χ1n) is 15.3. The van der Waals surface area contributed by atoms with Crippen molar-refractivity contribution in [2.75, 3.05) is 10.6 Å². The molecule has 5 N–H and O–H groups in total. The Morgan fingerprint density at radius 3 is 2.06 bits per heavy atom. The summed E-state index contributed by atoms with van der Waals surface area (Å²) in [6, 6.07) is 28.0. The fourth-order valence-electron chi connectivity index (χ4n) is 5.39. The van der Waals surface area contributed by atoms with Gasteiger partial charge in [0, 0.05) is 55.7 Å². The third-order valence-electron chi connectivity index (χ3n) is 7.78. The second kappa shape index (κ2) is 14.2. The minimum absolute atomic E-state index is 0.00880. The van der Waals surface area contributed by atoms with Crippen molar-refractivity contribution in [3.63, 3.8) is 0 Å². The molecule has 8 aromatic rings. The van der Waals surface area contributed by atoms with Crippen LogP contribution in [-0.4, -0.2) is 37.8 Å². The van der Waals surface area contributed by atoms with Crippen LogP contribution in [0, 0.1) is 11.6 Å². The molecular formula is C38H25F2N5O4S2. The molecule has 0 spiro atoms. The molecule has 0 atom stereocenters. The minimum Gasteiger partial charge on any atom is -0.478 e. The van der Waals surface area contributed by atoms with E-state index in [0.717, 1.165) is 56.3 Å². The number of carbonyl (C=O) groups is 3. The van der Waals surface area contributed by atoms with Crippen LogP contribution in [0.25, 0.3) is 44.5 Å². The van der Waals surface area contributed by atoms with Crippen molar-refractivity contribution in [3.8, 4) is 22.5 Å². The molecule has 0 saturated heterocycles. The number of carboxylic acid groups (broad SMARTS) is 1. The first-order chi connectivity index (χ1) is 24.7. The lowest BCUT2D eigenvalue weighted by Crippen LogP contribution is -2.13. The predicted molar refractivity (Wildman–Crippen MR) is 197 cm³/mol. The van der Waals surface area contributed by atoms with Gasteiger partial charge in [-0.05, 0) is 60.7 Å². The Balaban J connectivity index is 0.000000160. The number of imidazole rings is 1. The lowest BCUT2D eigenvalue weighted by atomic mass is 10.0. The van der Waals surface area contributed by atoms with E-state index < -0.39 is 23.5 Å². The molecule has 0 bridgehead atoms. The van der Waals surface area contributed by atoms with Gasteiger partial charge >= 0.3 is 5.97 Å². The van der Waals surface area contributed by atoms with E-state index in [0.29, 0.717) is 10.6 Å². The van der Waals surface area contributed by atoms with Crippen molar-refractivity contribution < 1.29 is 28.3 Å². The first kappa shape index (κ1) is 33.1. The zero-order valence-corrected chi connectivity index (χ0v) is 27.9. The van der Waals surface area contributed by atoms with E-state index in [2.05, 4.69) is 25.6 Å². The van der Waals surface area contributed by atoms with E-state index >= 15 is 0 Å². The van der Waals surface area contributed by atoms with E-state index in [1.807, 2.05) is 60.0 Å². The number of hydrogen-bond donors (Lipinski definition) is 5. The summed E-state index contributed by atoms with van der Waals surface area (Å²) in [6.07, 6.45) is 1.75. The molecule has 0 aliphatic rings. The van der Waals surface area contributed by atoms with E-state index in [4.69, 9.17) is 0 Å². The summed E-state index contributed by atoms with van der Waals surface area (Å²) < 4.78 is 26.5. The molecule has 9 nitrogen and oxygen atoms in total. The van der Waals surface area contributed by atoms with Crippen LogP contribution in [0.4, 0.5) is 18.8 Å². The number of aromatic nitrogens is 3. The molecule has 4 heterocycles. The molecule has 4 aromatic heterocycles. The number of H-pyrrole nitrogens is 2. The van der Waals surface area contributed by atoms with Crippen molar-refractivity contribution >= 4 is 72.4 Å². The number of para-hydroxylation sites is 3. The van der Waals surface area contributed by atoms with Gasteiger partial charge in [-0.25, -0.2) is 18.6 Å². The average molecular weight is 718 g/mol. The predicted octanol–water partition coefficient (Wildman–Crippen LogP) is 9.67. The van der Waals surface area contributed by atoms with Gasteiger partial charge in [0.25, 0.3) is 11.8 Å². The molecule has 13 heteroatoms. The molecular weight excluding hydrogens is 693 g/mol. The highest BCUT2D eigenvalue weighted by atomic mass is 32.1. The van der Waals surface area contributed by atoms with Gasteiger partial charge in [0.15, 0.2) is 0 Å². The highest BCUT2D eigenvalue weighted by Gasteiger charge is 2.23. The van der Waals surface area contributed by atoms with E-state index in [9.17, 15) is 28.3 Å². The fraction of sp³-hybridized carbons (Fsp3) is 0. The van der Waals surface area contributed by atoms with E-state index in [1.165, 1.54) is 47.7 Å². The SMILES string of the molecule is O=C(Nc1cc(-c2nc3ccccc3[nH]2)cs1)c1cccc(F)c1.O=C(Nc1scc(-c2c[nH]c3ccccc23)c1C(=O)O)c1cccc(F)c1. The minimum atomic E-state index is -1.15. The zero-order valence-electron chi connectivity index (χ0n) is 26.2. The molecule has 0 aliphatic carbocycles. The van der Waals surface area contributed by atoms with Crippen molar-refractivity contribution in [1.82, 2.24) is 15.0 Å². The first-order valence-corrected chi connectivity index (χ1v) is 17.1. The van der Waals surface area contributed by atoms with Crippen molar-refractivity contribution in [2.45, 2.75) is 0 Å². The Labute approximate surface area is 296 Å². The highest BCUT2D eigenvalue weighted by Crippen LogP contribution is 2.39. The van der Waals surface area contributed by atoms with Crippen LogP contribution in [0.3, 0.4) is 0 Å². The maximum Gasteiger partial charge on any atom is 0.339 e. The number of anilines is 2. The smallest absolute Gasteiger partial charge is 0.339 e. The second-order valence-corrected chi connectivity index (χ2v) is 12.9. The fourth-order valence-corrected chi connectivity index (χ4v) is 7.12. The number of aromatic carboxylic acids is 1. The van der Waals surface area contributed by atoms with Gasteiger partial charge in [0.2, 0.25) is 0 Å². The largest absolute Gasteiger partial charge is 0.478 e. The third-order valence-corrected chi connectivity index (χ3v) is 9.53. The topological polar surface area (TPSA) is 140 Å². The summed E-state index contributed by atoms with van der Waals surface area (Å²) in [5.41, 5.74) is 5.31. The van der Waals surface area contributed by atoms with E-state index in [1.54, 1.807) is 17.6 Å². The number of nitrogens with one attached hydrogen (secondary N) is 4. The normalized spacial score (nSPS) is 10.9. The summed E-state index contributed by atoms with van der Waals surface area (Å²) in [4.78, 5) is 47.3. The molecule has 252 valence electrons. The Bertz CT molecular complexity index is 2540. The number of amides is 2. The van der Waals surface area contributed by atoms with Crippen molar-refractivity contribution in [2.24, 2.45) is 0 Å². The molecule has 0 saturated carbocycles. The van der Waals surface area contributed by atoms with Gasteiger partial charge in [-0.3, -0.25) is 9.59 Å². The number of aromatic amines is 2. The Kier molecular flexibility index (Phi) is 9.20. The van der Waals surface area contributed by atoms with Gasteiger partial charge < -0.3 is 25.7 Å². The van der Waals surface area contributed by atoms with E-state index in [-0.39, 0.29) is 27.6 Å². The summed E-state index contributed by atoms with van der Waals surface area (Å²) in [7, 11) is 0. The molecule has 2 amide bonds. The molecule has 0 aliphatic heterocycles. The molecule has 8 rings (SSSR count). The van der Waals surface area contributed by atoms with Crippen LogP contribution < -0.4 is 10.6 Å². The summed E-state index contributed by atoms with van der Waals surface area (Å²) in [6.45, 7) is 0. The molecule has 4 aromatic carbocycles. The van der Waals surface area contributed by atoms with Gasteiger partial charge in [-0.1, -0.05) is 42.5 Å². The molecule has 51 heavy (non-hydrogen) atoms. The number of benzene rings is 4. The summed E-state index contributed by atoms with van der Waals surface area (Å²) in [5.74, 6) is -2.27. The quantitative estimate of drug-likeness (QED) is 0.112. The van der Waals surface area contributed by atoms with Gasteiger partial charge in [-0.15, -0.1) is 22.7 Å². The van der Waals surface area contributed by atoms with Crippen LogP contribution in [0.1, 0.15) is 31.1 Å². The number of hydrogen-bond acceptors (Lipinski definition) is 6. The van der Waals surface area contributed by atoms with Gasteiger partial charge in [-0.2, -0.15) is 0 Å². The Morgan fingerprint density at radius 1 is 0.706 bits per heavy atom. The number of thiophene rings is 2. The number of carbonyl (C=O) groups excluding carboxylic acids is 2. The van der Waals surface area contributed by atoms with Crippen molar-refractivity contribution in [3.05, 3.63) is 148 Å². The monoisotopic (exact) mass is 717 g/mol. The van der Waals surface area contributed by atoms with Crippen LogP contribution in [-0.2, 0) is 0 Å². The average Bonchev–Trinajstić information content (AvgIpc) is 3.94. The number of carboxylic acids is 1. The van der Waals surface area contributed by atoms with Crippen LogP contribution in [0.5, 0.6) is 0 Å². The number of rotatable bonds is 7. The summed E-state index contributed by atoms with van der Waals surface area (Å²) >= 11 is 2.51. The summed E-state index contributed by atoms with van der Waals surface area (Å²) in [5, 5.41) is 20.5. The number of nitrogens with zero attached hydrogens (tertiary/aromatic N) is 1. The zero-order chi connectivity index (χ0) is 35.5. The van der Waals surface area contributed by atoms with Gasteiger partial charge in [0.05, 0.1) is 16.0 Å². The molecule has 0 fully saturated rings. The van der Waals surface area contributed by atoms with Crippen molar-refractivity contribution in [1.29, 1.82) is 0 Å². The highest BCUT2D eigenvalue weighted by molar-refractivity contribution is 7.15. The van der Waals surface area contributed by atoms with Crippen LogP contribution in [0.15, 0.2) is 120 Å². The van der Waals surface area contributed by atoms with Crippen LogP contribution >= 0.6 is 22.7 Å². The molecule has 0 radical (unpaired) electrons. The second-order valence-electron chi connectivity index (χ2n) is 11.1. The third kappa shape index (κ3) is 7.15. The lowest BCUT2D eigenvalue weighted by Gasteiger charge is -2.06. The molecule has 0 unspecified atom stereocenters. The Morgan fingerprint density at radius 2 is 1.37 bits per heavy atom. The standard InChI is InChI=1S/C20H13FN2O3S.C18H12FN3OS/c21-12-5-3-4-11(8-12)18(24)23-19-17(20(25)26)15(10-27-19)14-9-22-16-7-2-1-6-13(14)16;19-13-5-3-4-11(8-13)18(23)22-16-9-12(10-24-16)17-20-14-6-1-2-7-15(14)21-17/h1-10,22H,(H,23,24)(H,25,26);1-10H,(H,20,21)(H,22,23). The maximum absolute atomic E-state index is 13.3. The van der Waals surface area contributed by atoms with Gasteiger partial charge in [0.1, 0.15) is 28.0 Å². The number of fused-ring (bicyclic) bond motifs is 2.